The highest BCUT2D eigenvalue weighted by atomic mass is 127. The van der Waals surface area contributed by atoms with E-state index in [4.69, 9.17) is 0 Å². The Bertz CT molecular complexity index is 95.6. The van der Waals surface area contributed by atoms with Gasteiger partial charge in [0.2, 0.25) is 0 Å². The maximum Gasteiger partial charge on any atom is 0.182 e. The topological polar surface area (TPSA) is 32.3 Å². The van der Waals surface area contributed by atoms with E-state index in [2.05, 4.69) is 50.5 Å². The predicted octanol–water partition coefficient (Wildman–Crippen LogP) is 1.25. The average molecular weight is 353 g/mol. The van der Waals surface area contributed by atoms with Crippen LogP contribution in [-0.4, -0.2) is 19.3 Å². The molecule has 0 saturated carbocycles. The molecule has 0 spiro atoms. The summed E-state index contributed by atoms with van der Waals surface area (Å²) in [6.07, 6.45) is 2.29. The van der Waals surface area contributed by atoms with Gasteiger partial charge in [-0.3, -0.25) is 0 Å². The standard InChI is InChI=1S/C5H9I2NO/c6-5(7,9)4-2-1-3-8-4/h4,8-9H,1-3H2/t4-/m0/s1. The minimum Gasteiger partial charge on any atom is -0.369 e. The van der Waals surface area contributed by atoms with E-state index in [0.717, 1.165) is 13.0 Å². The van der Waals surface area contributed by atoms with Gasteiger partial charge >= 0.3 is 0 Å². The third kappa shape index (κ3) is 2.47. The van der Waals surface area contributed by atoms with E-state index in [1.807, 2.05) is 0 Å². The third-order valence-electron chi connectivity index (χ3n) is 1.48. The molecule has 1 aliphatic rings. The van der Waals surface area contributed by atoms with Crippen LogP contribution in [0.25, 0.3) is 0 Å². The first-order chi connectivity index (χ1) is 4.11. The maximum atomic E-state index is 9.43. The normalized spacial score (nSPS) is 29.0. The van der Waals surface area contributed by atoms with Gasteiger partial charge in [-0.1, -0.05) is 0 Å². The van der Waals surface area contributed by atoms with Crippen molar-refractivity contribution in [1.82, 2.24) is 5.32 Å². The lowest BCUT2D eigenvalue weighted by Gasteiger charge is -2.20. The minimum atomic E-state index is -0.591. The summed E-state index contributed by atoms with van der Waals surface area (Å²) >= 11 is 4.12. The summed E-state index contributed by atoms with van der Waals surface area (Å²) < 4.78 is -0.591. The summed E-state index contributed by atoms with van der Waals surface area (Å²) in [5, 5.41) is 12.7. The van der Waals surface area contributed by atoms with Crippen LogP contribution in [-0.2, 0) is 0 Å². The molecule has 0 radical (unpaired) electrons. The Kier molecular flexibility index (Phi) is 3.00. The number of nitrogens with one attached hydrogen (secondary N) is 1. The van der Waals surface area contributed by atoms with E-state index >= 15 is 0 Å². The molecule has 0 amide bonds. The Labute approximate surface area is 82.1 Å². The Morgan fingerprint density at radius 2 is 2.22 bits per heavy atom. The second kappa shape index (κ2) is 3.19. The zero-order valence-corrected chi connectivity index (χ0v) is 9.22. The van der Waals surface area contributed by atoms with Crippen molar-refractivity contribution in [3.63, 3.8) is 0 Å². The molecule has 0 unspecified atom stereocenters. The summed E-state index contributed by atoms with van der Waals surface area (Å²) in [5.74, 6) is 0. The highest BCUT2D eigenvalue weighted by Crippen LogP contribution is 2.32. The molecule has 2 N–H and O–H groups in total. The van der Waals surface area contributed by atoms with Crippen molar-refractivity contribution < 1.29 is 5.11 Å². The van der Waals surface area contributed by atoms with Crippen molar-refractivity contribution in [2.45, 2.75) is 20.5 Å². The molecule has 54 valence electrons. The fourth-order valence-electron chi connectivity index (χ4n) is 0.981. The largest absolute Gasteiger partial charge is 0.369 e. The highest BCUT2D eigenvalue weighted by Gasteiger charge is 2.32. The predicted molar refractivity (Wildman–Crippen MR) is 54.0 cm³/mol. The van der Waals surface area contributed by atoms with Crippen LogP contribution in [0.4, 0.5) is 0 Å². The Morgan fingerprint density at radius 1 is 1.56 bits per heavy atom. The first-order valence-electron chi connectivity index (χ1n) is 2.94. The molecular formula is C5H9I2NO. The molecule has 0 aromatic rings. The second-order valence-electron chi connectivity index (χ2n) is 2.24. The van der Waals surface area contributed by atoms with Crippen LogP contribution in [0.5, 0.6) is 0 Å². The Hall–Kier alpha value is 1.38. The number of rotatable bonds is 1. The first kappa shape index (κ1) is 8.48. The first-order valence-corrected chi connectivity index (χ1v) is 5.10. The van der Waals surface area contributed by atoms with Crippen molar-refractivity contribution in [2.24, 2.45) is 0 Å². The van der Waals surface area contributed by atoms with E-state index in [9.17, 15) is 5.11 Å². The zero-order chi connectivity index (χ0) is 6.91. The van der Waals surface area contributed by atoms with Gasteiger partial charge in [0.1, 0.15) is 0 Å². The van der Waals surface area contributed by atoms with Gasteiger partial charge in [0.05, 0.1) is 6.04 Å². The van der Waals surface area contributed by atoms with Crippen LogP contribution in [0.15, 0.2) is 0 Å². The summed E-state index contributed by atoms with van der Waals surface area (Å²) in [4.78, 5) is 0. The monoisotopic (exact) mass is 353 g/mol. The molecule has 0 aromatic carbocycles. The van der Waals surface area contributed by atoms with Crippen LogP contribution < -0.4 is 5.32 Å². The van der Waals surface area contributed by atoms with Gasteiger partial charge in [-0.15, -0.1) is 0 Å². The van der Waals surface area contributed by atoms with E-state index in [0.29, 0.717) is 6.04 Å². The van der Waals surface area contributed by atoms with Gasteiger partial charge in [-0.2, -0.15) is 0 Å². The smallest absolute Gasteiger partial charge is 0.182 e. The molecule has 1 atom stereocenters. The summed E-state index contributed by atoms with van der Waals surface area (Å²) in [7, 11) is 0. The SMILES string of the molecule is OC(I)(I)[C@@H]1CCCN1. The van der Waals surface area contributed by atoms with Gasteiger partial charge in [-0.05, 0) is 64.6 Å². The lowest BCUT2D eigenvalue weighted by atomic mass is 10.2. The second-order valence-corrected chi connectivity index (χ2v) is 7.59. The lowest BCUT2D eigenvalue weighted by Crippen LogP contribution is -2.37. The van der Waals surface area contributed by atoms with E-state index < -0.39 is 1.61 Å². The van der Waals surface area contributed by atoms with Crippen molar-refractivity contribution in [2.75, 3.05) is 6.54 Å². The van der Waals surface area contributed by atoms with Crippen LogP contribution >= 0.6 is 45.2 Å². The molecule has 2 nitrogen and oxygen atoms in total. The number of alkyl halides is 2. The molecule has 0 aromatic heterocycles. The average Bonchev–Trinajstić information content (AvgIpc) is 2.08. The maximum absolute atomic E-state index is 9.43. The molecule has 1 fully saturated rings. The Morgan fingerprint density at radius 3 is 2.44 bits per heavy atom. The van der Waals surface area contributed by atoms with Crippen molar-refractivity contribution in [3.8, 4) is 0 Å². The van der Waals surface area contributed by atoms with Crippen molar-refractivity contribution in [1.29, 1.82) is 0 Å². The fraction of sp³-hybridized carbons (Fsp3) is 1.00. The van der Waals surface area contributed by atoms with Crippen molar-refractivity contribution in [3.05, 3.63) is 0 Å². The van der Waals surface area contributed by atoms with Gasteiger partial charge in [-0.25, -0.2) is 0 Å². The fourth-order valence-corrected chi connectivity index (χ4v) is 2.04. The molecule has 4 heteroatoms. The molecule has 1 aliphatic heterocycles. The molecule has 9 heavy (non-hydrogen) atoms. The zero-order valence-electron chi connectivity index (χ0n) is 4.90. The molecule has 1 saturated heterocycles. The number of hydrogen-bond donors (Lipinski definition) is 2. The van der Waals surface area contributed by atoms with Crippen LogP contribution in [0, 0.1) is 0 Å². The number of hydrogen-bond acceptors (Lipinski definition) is 2. The van der Waals surface area contributed by atoms with Gasteiger partial charge in [0.25, 0.3) is 0 Å². The molecule has 0 aliphatic carbocycles. The van der Waals surface area contributed by atoms with Crippen LogP contribution in [0.3, 0.4) is 0 Å². The number of halogens is 2. The van der Waals surface area contributed by atoms with Gasteiger partial charge < -0.3 is 10.4 Å². The quantitative estimate of drug-likeness (QED) is 0.550. The van der Waals surface area contributed by atoms with Gasteiger partial charge in [0.15, 0.2) is 1.61 Å². The lowest BCUT2D eigenvalue weighted by molar-refractivity contribution is 0.220. The van der Waals surface area contributed by atoms with Crippen LogP contribution in [0.1, 0.15) is 12.8 Å². The molecule has 1 heterocycles. The van der Waals surface area contributed by atoms with Crippen molar-refractivity contribution >= 4 is 45.2 Å². The summed E-state index contributed by atoms with van der Waals surface area (Å²) in [6.45, 7) is 1.05. The summed E-state index contributed by atoms with van der Waals surface area (Å²) in [5.41, 5.74) is 0. The highest BCUT2D eigenvalue weighted by molar-refractivity contribution is 14.2. The molecule has 0 bridgehead atoms. The van der Waals surface area contributed by atoms with E-state index in [1.165, 1.54) is 6.42 Å². The number of aliphatic hydroxyl groups is 1. The van der Waals surface area contributed by atoms with E-state index in [1.54, 1.807) is 0 Å². The molecule has 1 rings (SSSR count). The van der Waals surface area contributed by atoms with E-state index in [-0.39, 0.29) is 0 Å². The minimum absolute atomic E-state index is 0.290. The Balaban J connectivity index is 2.42. The van der Waals surface area contributed by atoms with Gasteiger partial charge in [0, 0.05) is 0 Å². The third-order valence-corrected chi connectivity index (χ3v) is 2.98. The molecular weight excluding hydrogens is 344 g/mol. The van der Waals surface area contributed by atoms with Crippen LogP contribution in [0.2, 0.25) is 0 Å². The summed E-state index contributed by atoms with van der Waals surface area (Å²) in [6, 6.07) is 0.290.